The van der Waals surface area contributed by atoms with Gasteiger partial charge in [-0.25, -0.2) is 21.9 Å². The number of halogens is 7. The van der Waals surface area contributed by atoms with E-state index in [2.05, 4.69) is 4.98 Å². The van der Waals surface area contributed by atoms with Crippen LogP contribution in [0.4, 0.5) is 30.7 Å². The van der Waals surface area contributed by atoms with E-state index >= 15 is 0 Å². The number of nitrogens with zero attached hydrogens (tertiary/aromatic N) is 2. The molecule has 0 unspecified atom stereocenters. The van der Waals surface area contributed by atoms with Gasteiger partial charge in [-0.15, -0.1) is 0 Å². The Morgan fingerprint density at radius 1 is 0.938 bits per heavy atom. The number of aldehydes is 1. The summed E-state index contributed by atoms with van der Waals surface area (Å²) in [5, 5.41) is 0. The molecule has 11 heteroatoms. The van der Waals surface area contributed by atoms with E-state index in [9.17, 15) is 35.5 Å². The van der Waals surface area contributed by atoms with Gasteiger partial charge >= 0.3 is 6.18 Å². The lowest BCUT2D eigenvalue weighted by Crippen LogP contribution is -2.20. The minimum Gasteiger partial charge on any atom is -0.298 e. The Bertz CT molecular complexity index is 1120. The zero-order valence-corrected chi connectivity index (χ0v) is 16.8. The van der Waals surface area contributed by atoms with Crippen molar-refractivity contribution in [2.75, 3.05) is 0 Å². The molecule has 0 radical (unpaired) electrons. The van der Waals surface area contributed by atoms with Crippen molar-refractivity contribution in [3.05, 3.63) is 94.3 Å². The Balaban J connectivity index is 1.98. The van der Waals surface area contributed by atoms with Crippen LogP contribution in [0.2, 0.25) is 0 Å². The number of carbonyl (C=O) groups excluding carboxylic acids is 1. The number of alkyl halides is 3. The zero-order valence-electron chi connectivity index (χ0n) is 16.0. The second kappa shape index (κ2) is 9.70. The summed E-state index contributed by atoms with van der Waals surface area (Å²) < 4.78 is 95.9. The zero-order chi connectivity index (χ0) is 23.5. The number of pyridine rings is 1. The molecular formula is C21H13F7N2OS. The third-order valence-corrected chi connectivity index (χ3v) is 5.29. The molecule has 168 valence electrons. The Morgan fingerprint density at radius 2 is 1.62 bits per heavy atom. The molecule has 0 spiro atoms. The molecule has 0 saturated carbocycles. The molecule has 1 heterocycles. The molecule has 0 aliphatic carbocycles. The first-order chi connectivity index (χ1) is 15.1. The summed E-state index contributed by atoms with van der Waals surface area (Å²) in [4.78, 5) is 13.5. The Labute approximate surface area is 182 Å². The van der Waals surface area contributed by atoms with Crippen molar-refractivity contribution < 1.29 is 35.5 Å². The molecule has 0 aliphatic heterocycles. The average Bonchev–Trinajstić information content (AvgIpc) is 2.76. The van der Waals surface area contributed by atoms with E-state index in [0.29, 0.717) is 35.4 Å². The van der Waals surface area contributed by atoms with Crippen molar-refractivity contribution >= 4 is 18.2 Å². The van der Waals surface area contributed by atoms with Crippen molar-refractivity contribution in [2.45, 2.75) is 24.2 Å². The number of hydrogen-bond acceptors (Lipinski definition) is 4. The van der Waals surface area contributed by atoms with Crippen LogP contribution in [-0.4, -0.2) is 15.6 Å². The molecule has 3 aromatic rings. The van der Waals surface area contributed by atoms with Gasteiger partial charge in [0.1, 0.15) is 12.0 Å². The quantitative estimate of drug-likeness (QED) is 0.135. The highest BCUT2D eigenvalue weighted by Gasteiger charge is 2.35. The summed E-state index contributed by atoms with van der Waals surface area (Å²) in [5.74, 6) is -7.33. The molecule has 0 amide bonds. The van der Waals surface area contributed by atoms with E-state index in [1.165, 1.54) is 40.7 Å². The fourth-order valence-corrected chi connectivity index (χ4v) is 3.82. The van der Waals surface area contributed by atoms with Crippen LogP contribution < -0.4 is 0 Å². The predicted octanol–water partition coefficient (Wildman–Crippen LogP) is 6.18. The molecule has 0 atom stereocenters. The van der Waals surface area contributed by atoms with Gasteiger partial charge < -0.3 is 0 Å². The maximum atomic E-state index is 14.2. The highest BCUT2D eigenvalue weighted by molar-refractivity contribution is 7.97. The van der Waals surface area contributed by atoms with Crippen molar-refractivity contribution in [2.24, 2.45) is 0 Å². The lowest BCUT2D eigenvalue weighted by molar-refractivity contribution is -0.142. The van der Waals surface area contributed by atoms with E-state index in [0.717, 1.165) is 6.20 Å². The third kappa shape index (κ3) is 5.46. The lowest BCUT2D eigenvalue weighted by atomic mass is 10.1. The Hall–Kier alpha value is -2.92. The SMILES string of the molecule is O=Cc1ccc(CN(Cc2cccnc2C(F)(F)F)Sc2cc(F)c(F)c(F)c2F)cc1. The molecule has 0 N–H and O–H groups in total. The fourth-order valence-electron chi connectivity index (χ4n) is 2.79. The summed E-state index contributed by atoms with van der Waals surface area (Å²) in [5.41, 5.74) is -0.559. The van der Waals surface area contributed by atoms with Gasteiger partial charge in [-0.1, -0.05) is 30.3 Å². The molecule has 3 nitrogen and oxygen atoms in total. The topological polar surface area (TPSA) is 33.2 Å². The Kier molecular flexibility index (Phi) is 7.19. The molecule has 0 bridgehead atoms. The van der Waals surface area contributed by atoms with Crippen molar-refractivity contribution in [3.8, 4) is 0 Å². The van der Waals surface area contributed by atoms with Crippen molar-refractivity contribution in [3.63, 3.8) is 0 Å². The summed E-state index contributed by atoms with van der Waals surface area (Å²) >= 11 is 0.418. The first kappa shape index (κ1) is 23.7. The van der Waals surface area contributed by atoms with Crippen LogP contribution in [0.1, 0.15) is 27.2 Å². The van der Waals surface area contributed by atoms with Gasteiger partial charge in [-0.2, -0.15) is 13.2 Å². The van der Waals surface area contributed by atoms with E-state index in [1.807, 2.05) is 0 Å². The summed E-state index contributed by atoms with van der Waals surface area (Å²) in [7, 11) is 0. The maximum Gasteiger partial charge on any atom is 0.433 e. The Morgan fingerprint density at radius 3 is 2.25 bits per heavy atom. The smallest absolute Gasteiger partial charge is 0.298 e. The molecule has 2 aromatic carbocycles. The molecule has 0 aliphatic rings. The molecule has 32 heavy (non-hydrogen) atoms. The summed E-state index contributed by atoms with van der Waals surface area (Å²) in [6.45, 7) is -0.543. The van der Waals surface area contributed by atoms with Gasteiger partial charge in [-0.3, -0.25) is 9.78 Å². The highest BCUT2D eigenvalue weighted by atomic mass is 32.2. The summed E-state index contributed by atoms with van der Waals surface area (Å²) in [6.07, 6.45) is -3.20. The second-order valence-electron chi connectivity index (χ2n) is 6.56. The van der Waals surface area contributed by atoms with Crippen LogP contribution in [0, 0.1) is 23.3 Å². The minimum absolute atomic E-state index is 0.101. The maximum absolute atomic E-state index is 14.2. The molecule has 3 rings (SSSR count). The highest BCUT2D eigenvalue weighted by Crippen LogP contribution is 2.35. The van der Waals surface area contributed by atoms with Gasteiger partial charge in [0.15, 0.2) is 23.3 Å². The number of rotatable bonds is 7. The van der Waals surface area contributed by atoms with Crippen molar-refractivity contribution in [1.29, 1.82) is 0 Å². The van der Waals surface area contributed by atoms with Gasteiger partial charge in [0.05, 0.1) is 4.90 Å². The minimum atomic E-state index is -4.77. The summed E-state index contributed by atoms with van der Waals surface area (Å²) in [6, 6.07) is 8.85. The molecular weight excluding hydrogens is 461 g/mol. The number of aromatic nitrogens is 1. The molecule has 0 saturated heterocycles. The second-order valence-corrected chi connectivity index (χ2v) is 7.69. The number of carbonyl (C=O) groups is 1. The van der Waals surface area contributed by atoms with Crippen LogP contribution in [0.5, 0.6) is 0 Å². The largest absolute Gasteiger partial charge is 0.433 e. The van der Waals surface area contributed by atoms with Crippen LogP contribution in [0.15, 0.2) is 53.6 Å². The predicted molar refractivity (Wildman–Crippen MR) is 102 cm³/mol. The van der Waals surface area contributed by atoms with E-state index in [1.54, 1.807) is 0 Å². The molecule has 0 fully saturated rings. The average molecular weight is 474 g/mol. The first-order valence-corrected chi connectivity index (χ1v) is 9.68. The fraction of sp³-hybridized carbons (Fsp3) is 0.143. The first-order valence-electron chi connectivity index (χ1n) is 8.91. The van der Waals surface area contributed by atoms with Gasteiger partial charge in [0, 0.05) is 24.8 Å². The third-order valence-electron chi connectivity index (χ3n) is 4.28. The van der Waals surface area contributed by atoms with Crippen LogP contribution in [-0.2, 0) is 19.3 Å². The lowest BCUT2D eigenvalue weighted by Gasteiger charge is -2.23. The van der Waals surface area contributed by atoms with Crippen molar-refractivity contribution in [1.82, 2.24) is 9.29 Å². The number of benzene rings is 2. The standard InChI is InChI=1S/C21H13F7N2OS/c22-15-8-16(18(24)19(25)17(15)23)32-30(9-12-3-5-13(11-31)6-4-12)10-14-2-1-7-29-20(14)21(26,27)28/h1-8,11H,9-10H2. The van der Waals surface area contributed by atoms with Crippen LogP contribution in [0.25, 0.3) is 0 Å². The normalized spacial score (nSPS) is 11.8. The van der Waals surface area contributed by atoms with Crippen LogP contribution in [0.3, 0.4) is 0 Å². The number of hydrogen-bond donors (Lipinski definition) is 0. The molecule has 1 aromatic heterocycles. The monoisotopic (exact) mass is 474 g/mol. The van der Waals surface area contributed by atoms with Crippen LogP contribution >= 0.6 is 11.9 Å². The van der Waals surface area contributed by atoms with E-state index in [-0.39, 0.29) is 12.1 Å². The van der Waals surface area contributed by atoms with Gasteiger partial charge in [0.2, 0.25) is 0 Å². The van der Waals surface area contributed by atoms with E-state index < -0.39 is 46.6 Å². The van der Waals surface area contributed by atoms with Gasteiger partial charge in [0.25, 0.3) is 0 Å². The van der Waals surface area contributed by atoms with E-state index in [4.69, 9.17) is 0 Å². The van der Waals surface area contributed by atoms with Gasteiger partial charge in [-0.05, 0) is 35.2 Å².